The van der Waals surface area contributed by atoms with Crippen LogP contribution in [0.15, 0.2) is 0 Å². The molecule has 1 nitrogen and oxygen atoms in total. The molecule has 0 bridgehead atoms. The van der Waals surface area contributed by atoms with Crippen molar-refractivity contribution in [1.82, 2.24) is 0 Å². The van der Waals surface area contributed by atoms with Gasteiger partial charge in [0.15, 0.2) is 0 Å². The Morgan fingerprint density at radius 3 is 0.962 bits per heavy atom. The van der Waals surface area contributed by atoms with Crippen LogP contribution in [-0.4, -0.2) is 30.1 Å². The molecule has 0 amide bonds. The highest BCUT2D eigenvalue weighted by Crippen LogP contribution is 2.61. The van der Waals surface area contributed by atoms with E-state index >= 15 is 0 Å². The highest BCUT2D eigenvalue weighted by atomic mass is 31.2. The Bertz CT molecular complexity index is 233. The van der Waals surface area contributed by atoms with Crippen LogP contribution in [0.25, 0.3) is 0 Å². The van der Waals surface area contributed by atoms with Crippen molar-refractivity contribution in [2.24, 2.45) is 0 Å². The van der Waals surface area contributed by atoms with E-state index in [-0.39, 0.29) is 5.48 Å². The van der Waals surface area contributed by atoms with E-state index in [1.807, 2.05) is 0 Å². The summed E-state index contributed by atoms with van der Waals surface area (Å²) in [6.45, 7) is 9.46. The lowest BCUT2D eigenvalue weighted by Gasteiger charge is -2.28. The zero-order chi connectivity index (χ0) is 18.6. The number of hydrogen-bond acceptors (Lipinski definition) is 1. The Morgan fingerprint density at radius 2 is 0.615 bits per heavy atom. The minimum absolute atomic E-state index is 0. The van der Waals surface area contributed by atoms with Gasteiger partial charge < -0.3 is 5.48 Å². The summed E-state index contributed by atoms with van der Waals surface area (Å²) in [7, 11) is -0.620. The van der Waals surface area contributed by atoms with Gasteiger partial charge in [-0.2, -0.15) is 0 Å². The molecule has 0 aliphatic carbocycles. The summed E-state index contributed by atoms with van der Waals surface area (Å²) in [6.07, 6.45) is 30.0. The van der Waals surface area contributed by atoms with E-state index in [1.165, 1.54) is 96.3 Å². The molecule has 1 N–H and O–H groups in total. The molecule has 2 heteroatoms. The fourth-order valence-electron chi connectivity index (χ4n) is 4.09. The van der Waals surface area contributed by atoms with Crippen LogP contribution in [0, 0.1) is 0 Å². The van der Waals surface area contributed by atoms with Crippen LogP contribution in [0.3, 0.4) is 0 Å². The number of unbranched alkanes of at least 4 members (excludes halogenated alkanes) is 12. The molecule has 0 heterocycles. The molecular weight excluding hydrogens is 335 g/mol. The highest BCUT2D eigenvalue weighted by molar-refractivity contribution is 7.75. The van der Waals surface area contributed by atoms with E-state index in [2.05, 4.69) is 27.7 Å². The topological polar surface area (TPSA) is 30.0 Å². The van der Waals surface area contributed by atoms with Crippen molar-refractivity contribution in [3.05, 3.63) is 0 Å². The van der Waals surface area contributed by atoms with Gasteiger partial charge in [-0.25, -0.2) is 0 Å². The summed E-state index contributed by atoms with van der Waals surface area (Å²) in [5.41, 5.74) is 0. The maximum Gasteiger partial charge on any atom is 0.0594 e. The van der Waals surface area contributed by atoms with Gasteiger partial charge >= 0.3 is 0 Å². The average molecular weight is 389 g/mol. The Morgan fingerprint density at radius 1 is 0.346 bits per heavy atom. The van der Waals surface area contributed by atoms with E-state index in [9.17, 15) is 0 Å². The van der Waals surface area contributed by atoms with Crippen molar-refractivity contribution in [1.29, 1.82) is 0 Å². The molecular formula is C24H53OP. The van der Waals surface area contributed by atoms with Crippen molar-refractivity contribution in [2.75, 3.05) is 24.6 Å². The molecule has 0 radical (unpaired) electrons. The van der Waals surface area contributed by atoms with Gasteiger partial charge in [0.05, 0.1) is 24.6 Å². The normalized spacial score (nSPS) is 11.5. The zero-order valence-electron chi connectivity index (χ0n) is 19.0. The lowest BCUT2D eigenvalue weighted by atomic mass is 10.1. The molecule has 0 rings (SSSR count). The van der Waals surface area contributed by atoms with Crippen molar-refractivity contribution < 1.29 is 5.48 Å². The van der Waals surface area contributed by atoms with Gasteiger partial charge in [-0.1, -0.05) is 98.3 Å². The monoisotopic (exact) mass is 388 g/mol. The first-order valence-electron chi connectivity index (χ1n) is 12.1. The lowest BCUT2D eigenvalue weighted by Crippen LogP contribution is -2.13. The third-order valence-corrected chi connectivity index (χ3v) is 11.0. The fraction of sp³-hybridized carbons (Fsp3) is 1.00. The molecule has 0 aliphatic heterocycles. The smallest absolute Gasteiger partial charge is 0.0594 e. The molecule has 26 heavy (non-hydrogen) atoms. The van der Waals surface area contributed by atoms with Gasteiger partial charge in [0.2, 0.25) is 0 Å². The summed E-state index contributed by atoms with van der Waals surface area (Å²) in [5, 5.41) is 0. The van der Waals surface area contributed by atoms with Gasteiger partial charge in [0.25, 0.3) is 0 Å². The molecule has 160 valence electrons. The highest BCUT2D eigenvalue weighted by Gasteiger charge is 2.34. The molecule has 0 spiro atoms. The molecule has 0 aromatic heterocycles. The van der Waals surface area contributed by atoms with Crippen LogP contribution in [0.4, 0.5) is 0 Å². The van der Waals surface area contributed by atoms with Gasteiger partial charge in [-0.05, 0) is 32.1 Å². The van der Waals surface area contributed by atoms with Crippen LogP contribution in [0.2, 0.25) is 0 Å². The van der Waals surface area contributed by atoms with Crippen LogP contribution in [0.1, 0.15) is 130 Å². The molecule has 0 fully saturated rings. The molecule has 0 unspecified atom stereocenters. The lowest BCUT2D eigenvalue weighted by molar-refractivity contribution is 0.562. The van der Waals surface area contributed by atoms with Crippen LogP contribution < -0.4 is 0 Å². The SMILES string of the molecule is CCCCCCCCCCCC[P+](CCCC)(CCCC)CCCC.[OH-]. The fourth-order valence-corrected chi connectivity index (χ4v) is 9.28. The number of hydrogen-bond donors (Lipinski definition) is 0. The minimum Gasteiger partial charge on any atom is -0.870 e. The second kappa shape index (κ2) is 21.7. The Hall–Kier alpha value is 0.390. The Kier molecular flexibility index (Phi) is 23.9. The second-order valence-electron chi connectivity index (χ2n) is 8.48. The van der Waals surface area contributed by atoms with E-state index < -0.39 is 7.26 Å². The van der Waals surface area contributed by atoms with Crippen molar-refractivity contribution in [3.63, 3.8) is 0 Å². The van der Waals surface area contributed by atoms with E-state index in [0.29, 0.717) is 0 Å². The quantitative estimate of drug-likeness (QED) is 0.151. The van der Waals surface area contributed by atoms with Gasteiger partial charge in [-0.15, -0.1) is 0 Å². The largest absolute Gasteiger partial charge is 0.870 e. The van der Waals surface area contributed by atoms with Crippen molar-refractivity contribution in [3.8, 4) is 0 Å². The second-order valence-corrected chi connectivity index (χ2v) is 13.0. The summed E-state index contributed by atoms with van der Waals surface area (Å²) in [5.74, 6) is 0. The Balaban J connectivity index is 0. The van der Waals surface area contributed by atoms with Gasteiger partial charge in [0.1, 0.15) is 0 Å². The van der Waals surface area contributed by atoms with Crippen molar-refractivity contribution >= 4 is 7.26 Å². The average Bonchev–Trinajstić information content (AvgIpc) is 2.64. The zero-order valence-corrected chi connectivity index (χ0v) is 19.9. The van der Waals surface area contributed by atoms with Crippen LogP contribution in [-0.2, 0) is 0 Å². The predicted octanol–water partition coefficient (Wildman–Crippen LogP) is 9.15. The predicted molar refractivity (Wildman–Crippen MR) is 125 cm³/mol. The molecule has 0 aromatic rings. The standard InChI is InChI=1S/C24H52P.H2O/c1-5-9-13-14-15-16-17-18-19-20-24-25(21-10-6-2,22-11-7-3)23-12-8-4;/h5-24H2,1-4H3;1H2/q+1;/p-1. The molecule has 0 saturated heterocycles. The van der Waals surface area contributed by atoms with E-state index in [4.69, 9.17) is 0 Å². The van der Waals surface area contributed by atoms with Crippen LogP contribution >= 0.6 is 7.26 Å². The summed E-state index contributed by atoms with van der Waals surface area (Å²) in [6, 6.07) is 0. The van der Waals surface area contributed by atoms with Gasteiger partial charge in [0, 0.05) is 7.26 Å². The van der Waals surface area contributed by atoms with Gasteiger partial charge in [-0.3, -0.25) is 0 Å². The van der Waals surface area contributed by atoms with Crippen molar-refractivity contribution in [2.45, 2.75) is 130 Å². The third-order valence-electron chi connectivity index (χ3n) is 5.94. The Labute approximate surface area is 168 Å². The van der Waals surface area contributed by atoms with E-state index in [0.717, 1.165) is 0 Å². The maximum atomic E-state index is 2.38. The molecule has 0 atom stereocenters. The summed E-state index contributed by atoms with van der Waals surface area (Å²) in [4.78, 5) is 0. The summed E-state index contributed by atoms with van der Waals surface area (Å²) < 4.78 is 0. The third kappa shape index (κ3) is 16.6. The first kappa shape index (κ1) is 28.6. The molecule has 0 aliphatic rings. The summed E-state index contributed by atoms with van der Waals surface area (Å²) >= 11 is 0. The maximum absolute atomic E-state index is 2.38. The first-order valence-corrected chi connectivity index (χ1v) is 14.6. The van der Waals surface area contributed by atoms with Crippen LogP contribution in [0.5, 0.6) is 0 Å². The first-order chi connectivity index (χ1) is 12.2. The molecule has 0 saturated carbocycles. The number of rotatable bonds is 20. The van der Waals surface area contributed by atoms with E-state index in [1.54, 1.807) is 31.1 Å². The molecule has 0 aromatic carbocycles. The minimum atomic E-state index is -0.620.